The van der Waals surface area contributed by atoms with Crippen LogP contribution in [0.4, 0.5) is 4.79 Å². The molecular weight excluding hydrogens is 380 g/mol. The molecule has 2 aromatic carbocycles. The molecule has 0 heterocycles. The number of aliphatic hydroxyl groups excluding tert-OH is 1. The van der Waals surface area contributed by atoms with Gasteiger partial charge in [0.05, 0.1) is 12.1 Å². The Hall–Kier alpha value is -2.70. The highest BCUT2D eigenvalue weighted by molar-refractivity contribution is 5.79. The fraction of sp³-hybridized carbons (Fsp3) is 0.417. The van der Waals surface area contributed by atoms with Crippen molar-refractivity contribution in [2.45, 2.75) is 30.7 Å². The van der Waals surface area contributed by atoms with Crippen molar-refractivity contribution in [3.05, 3.63) is 59.7 Å². The van der Waals surface area contributed by atoms with Gasteiger partial charge in [0.15, 0.2) is 0 Å². The zero-order valence-corrected chi connectivity index (χ0v) is 17.6. The number of aliphatic hydroxyl groups is 1. The van der Waals surface area contributed by atoms with Crippen LogP contribution in [-0.4, -0.2) is 61.8 Å². The Bertz CT molecular complexity index is 838. The average Bonchev–Trinajstić information content (AvgIpc) is 3.08. The Morgan fingerprint density at radius 3 is 2.23 bits per heavy atom. The third kappa shape index (κ3) is 4.55. The van der Waals surface area contributed by atoms with E-state index in [2.05, 4.69) is 29.6 Å². The first-order valence-corrected chi connectivity index (χ1v) is 10.4. The summed E-state index contributed by atoms with van der Waals surface area (Å²) in [7, 11) is 3.55. The van der Waals surface area contributed by atoms with Gasteiger partial charge in [-0.3, -0.25) is 4.90 Å². The second-order valence-electron chi connectivity index (χ2n) is 7.98. The molecule has 0 spiro atoms. The first kappa shape index (κ1) is 22.0. The van der Waals surface area contributed by atoms with Crippen LogP contribution in [0.1, 0.15) is 36.3 Å². The molecule has 6 nitrogen and oxygen atoms in total. The summed E-state index contributed by atoms with van der Waals surface area (Å²) in [4.78, 5) is 25.3. The SMILES string of the molecule is CN(C)[C@@](C=O)(CO)CCCCNC(=O)OCC1c2ccccc2-c2ccccc21. The van der Waals surface area contributed by atoms with Gasteiger partial charge < -0.3 is 20.0 Å². The molecule has 0 radical (unpaired) electrons. The number of carbonyl (C=O) groups excluding carboxylic acids is 2. The number of nitrogens with zero attached hydrogens (tertiary/aromatic N) is 1. The number of amides is 1. The van der Waals surface area contributed by atoms with Crippen LogP contribution in [0.15, 0.2) is 48.5 Å². The standard InChI is InChI=1S/C24H30N2O4/c1-26(2)24(16-27,17-28)13-7-8-14-25-23(29)30-15-22-20-11-5-3-9-18(20)19-10-4-6-12-21(19)22/h3-6,9-12,16,22,28H,7-8,13-15,17H2,1-2H3,(H,25,29)/t24-/m0/s1. The number of hydrogen-bond donors (Lipinski definition) is 2. The first-order valence-electron chi connectivity index (χ1n) is 10.4. The van der Waals surface area contributed by atoms with E-state index in [1.807, 2.05) is 24.3 Å². The summed E-state index contributed by atoms with van der Waals surface area (Å²) in [6, 6.07) is 16.5. The predicted molar refractivity (Wildman–Crippen MR) is 116 cm³/mol. The fourth-order valence-electron chi connectivity index (χ4n) is 4.04. The number of nitrogens with one attached hydrogen (secondary N) is 1. The molecule has 0 saturated carbocycles. The van der Waals surface area contributed by atoms with Gasteiger partial charge in [-0.2, -0.15) is 0 Å². The van der Waals surface area contributed by atoms with Crippen molar-refractivity contribution < 1.29 is 19.4 Å². The normalized spacial score (nSPS) is 14.7. The van der Waals surface area contributed by atoms with E-state index in [1.54, 1.807) is 19.0 Å². The average molecular weight is 411 g/mol. The summed E-state index contributed by atoms with van der Waals surface area (Å²) >= 11 is 0. The number of benzene rings is 2. The number of alkyl carbamates (subject to hydrolysis) is 1. The Morgan fingerprint density at radius 1 is 1.10 bits per heavy atom. The van der Waals surface area contributed by atoms with Crippen LogP contribution in [0, 0.1) is 0 Å². The molecule has 0 aromatic heterocycles. The molecule has 0 saturated heterocycles. The third-order valence-corrected chi connectivity index (χ3v) is 6.03. The van der Waals surface area contributed by atoms with E-state index in [1.165, 1.54) is 22.3 Å². The van der Waals surface area contributed by atoms with Gasteiger partial charge >= 0.3 is 6.09 Å². The van der Waals surface area contributed by atoms with Crippen LogP contribution in [0.3, 0.4) is 0 Å². The number of fused-ring (bicyclic) bond motifs is 3. The van der Waals surface area contributed by atoms with Gasteiger partial charge in [-0.1, -0.05) is 48.5 Å². The maximum atomic E-state index is 12.2. The maximum absolute atomic E-state index is 12.2. The van der Waals surface area contributed by atoms with Gasteiger partial charge in [0.1, 0.15) is 12.9 Å². The second-order valence-corrected chi connectivity index (χ2v) is 7.98. The molecule has 160 valence electrons. The fourth-order valence-corrected chi connectivity index (χ4v) is 4.04. The first-order chi connectivity index (χ1) is 14.5. The summed E-state index contributed by atoms with van der Waals surface area (Å²) in [5.74, 6) is 0.0426. The van der Waals surface area contributed by atoms with Crippen molar-refractivity contribution in [2.75, 3.05) is 33.9 Å². The van der Waals surface area contributed by atoms with Crippen molar-refractivity contribution in [3.63, 3.8) is 0 Å². The van der Waals surface area contributed by atoms with Gasteiger partial charge in [0.25, 0.3) is 0 Å². The van der Waals surface area contributed by atoms with Crippen molar-refractivity contribution in [3.8, 4) is 11.1 Å². The predicted octanol–water partition coefficient (Wildman–Crippen LogP) is 3.19. The number of rotatable bonds is 10. The van der Waals surface area contributed by atoms with Crippen molar-refractivity contribution in [1.82, 2.24) is 10.2 Å². The van der Waals surface area contributed by atoms with Crippen LogP contribution < -0.4 is 5.32 Å². The van der Waals surface area contributed by atoms with Crippen molar-refractivity contribution >= 4 is 12.4 Å². The van der Waals surface area contributed by atoms with Gasteiger partial charge in [0.2, 0.25) is 0 Å². The van der Waals surface area contributed by atoms with Crippen LogP contribution in [0.5, 0.6) is 0 Å². The molecular formula is C24H30N2O4. The largest absolute Gasteiger partial charge is 0.449 e. The molecule has 6 heteroatoms. The maximum Gasteiger partial charge on any atom is 0.407 e. The monoisotopic (exact) mass is 410 g/mol. The van der Waals surface area contributed by atoms with Gasteiger partial charge in [-0.15, -0.1) is 0 Å². The van der Waals surface area contributed by atoms with Crippen molar-refractivity contribution in [2.24, 2.45) is 0 Å². The zero-order chi connectivity index (χ0) is 21.6. The Kier molecular flexibility index (Phi) is 7.24. The lowest BCUT2D eigenvalue weighted by Crippen LogP contribution is -2.49. The minimum atomic E-state index is -0.857. The Morgan fingerprint density at radius 2 is 1.70 bits per heavy atom. The lowest BCUT2D eigenvalue weighted by atomic mass is 9.94. The highest BCUT2D eigenvalue weighted by Gasteiger charge is 2.31. The highest BCUT2D eigenvalue weighted by atomic mass is 16.5. The lowest BCUT2D eigenvalue weighted by Gasteiger charge is -2.33. The van der Waals surface area contributed by atoms with E-state index in [9.17, 15) is 14.7 Å². The minimum absolute atomic E-state index is 0.0426. The molecule has 30 heavy (non-hydrogen) atoms. The van der Waals surface area contributed by atoms with E-state index in [0.29, 0.717) is 32.4 Å². The number of unbranched alkanes of at least 4 members (excludes halogenated alkanes) is 1. The summed E-state index contributed by atoms with van der Waals surface area (Å²) < 4.78 is 5.51. The lowest BCUT2D eigenvalue weighted by molar-refractivity contribution is -0.120. The van der Waals surface area contributed by atoms with E-state index < -0.39 is 11.6 Å². The summed E-state index contributed by atoms with van der Waals surface area (Å²) in [6.07, 6.45) is 2.31. The number of ether oxygens (including phenoxy) is 1. The molecule has 2 aromatic rings. The number of aldehydes is 1. The number of carbonyl (C=O) groups is 2. The van der Waals surface area contributed by atoms with Gasteiger partial charge in [-0.25, -0.2) is 4.79 Å². The zero-order valence-electron chi connectivity index (χ0n) is 17.6. The highest BCUT2D eigenvalue weighted by Crippen LogP contribution is 2.44. The van der Waals surface area contributed by atoms with E-state index in [4.69, 9.17) is 4.74 Å². The second kappa shape index (κ2) is 9.87. The molecule has 1 amide bonds. The molecule has 3 rings (SSSR count). The van der Waals surface area contributed by atoms with E-state index in [0.717, 1.165) is 6.29 Å². The molecule has 0 unspecified atom stereocenters. The molecule has 1 aliphatic rings. The van der Waals surface area contributed by atoms with Crippen LogP contribution in [-0.2, 0) is 9.53 Å². The number of likely N-dealkylation sites (N-methyl/N-ethyl adjacent to an activating group) is 1. The Balaban J connectivity index is 1.46. The summed E-state index contributed by atoms with van der Waals surface area (Å²) in [6.45, 7) is 0.535. The summed E-state index contributed by atoms with van der Waals surface area (Å²) in [5.41, 5.74) is 3.91. The summed E-state index contributed by atoms with van der Waals surface area (Å²) in [5, 5.41) is 12.3. The van der Waals surface area contributed by atoms with Crippen LogP contribution >= 0.6 is 0 Å². The molecule has 1 atom stereocenters. The van der Waals surface area contributed by atoms with Crippen LogP contribution in [0.2, 0.25) is 0 Å². The topological polar surface area (TPSA) is 78.9 Å². The quantitative estimate of drug-likeness (QED) is 0.465. The molecule has 1 aliphatic carbocycles. The minimum Gasteiger partial charge on any atom is -0.449 e. The molecule has 0 aliphatic heterocycles. The molecule has 0 bridgehead atoms. The smallest absolute Gasteiger partial charge is 0.407 e. The van der Waals surface area contributed by atoms with E-state index in [-0.39, 0.29) is 12.5 Å². The van der Waals surface area contributed by atoms with Crippen LogP contribution in [0.25, 0.3) is 11.1 Å². The third-order valence-electron chi connectivity index (χ3n) is 6.03. The Labute approximate surface area is 177 Å². The van der Waals surface area contributed by atoms with Crippen molar-refractivity contribution in [1.29, 1.82) is 0 Å². The molecule has 0 fully saturated rings. The van der Waals surface area contributed by atoms with E-state index >= 15 is 0 Å². The van der Waals surface area contributed by atoms with Gasteiger partial charge in [-0.05, 0) is 55.6 Å². The molecule has 2 N–H and O–H groups in total. The van der Waals surface area contributed by atoms with Gasteiger partial charge in [0, 0.05) is 12.5 Å². The number of hydrogen-bond acceptors (Lipinski definition) is 5.